The minimum Gasteiger partial charge on any atom is -0.480 e. The molecule has 7 nitrogen and oxygen atoms in total. The Balaban J connectivity index is 2.06. The maximum absolute atomic E-state index is 10.3. The zero-order valence-corrected chi connectivity index (χ0v) is 10.7. The molecule has 0 saturated carbocycles. The van der Waals surface area contributed by atoms with Gasteiger partial charge in [-0.05, 0) is 13.8 Å². The number of thiazole rings is 1. The summed E-state index contributed by atoms with van der Waals surface area (Å²) in [5.41, 5.74) is 0.833. The fraction of sp³-hybridized carbons (Fsp3) is 0.400. The average Bonchev–Trinajstić information content (AvgIpc) is 2.85. The van der Waals surface area contributed by atoms with E-state index >= 15 is 0 Å². The fourth-order valence-electron chi connectivity index (χ4n) is 1.36. The number of ether oxygens (including phenoxy) is 1. The third kappa shape index (κ3) is 2.90. The van der Waals surface area contributed by atoms with Crippen molar-refractivity contribution < 1.29 is 19.1 Å². The number of hydrogen-bond acceptors (Lipinski definition) is 7. The van der Waals surface area contributed by atoms with Crippen LogP contribution in [0, 0.1) is 13.8 Å². The van der Waals surface area contributed by atoms with Gasteiger partial charge in [0.15, 0.2) is 0 Å². The fourth-order valence-corrected chi connectivity index (χ4v) is 2.20. The van der Waals surface area contributed by atoms with Crippen molar-refractivity contribution in [1.82, 2.24) is 15.2 Å². The van der Waals surface area contributed by atoms with Gasteiger partial charge in [0, 0.05) is 0 Å². The summed E-state index contributed by atoms with van der Waals surface area (Å²) in [6, 6.07) is 0. The quantitative estimate of drug-likeness (QED) is 0.876. The van der Waals surface area contributed by atoms with E-state index in [-0.39, 0.29) is 12.5 Å². The number of carboxylic acids is 1. The molecule has 2 aromatic heterocycles. The van der Waals surface area contributed by atoms with Crippen molar-refractivity contribution in [3.8, 4) is 10.8 Å². The highest BCUT2D eigenvalue weighted by Crippen LogP contribution is 2.28. The molecular formula is C10H11N3O4S. The lowest BCUT2D eigenvalue weighted by Crippen LogP contribution is -2.06. The Bertz CT molecular complexity index is 563. The van der Waals surface area contributed by atoms with Gasteiger partial charge in [-0.15, -0.1) is 21.5 Å². The molecule has 0 fully saturated rings. The highest BCUT2D eigenvalue weighted by atomic mass is 32.1. The third-order valence-electron chi connectivity index (χ3n) is 2.02. The molecule has 0 atom stereocenters. The Labute approximate surface area is 106 Å². The van der Waals surface area contributed by atoms with Crippen molar-refractivity contribution in [3.05, 3.63) is 16.6 Å². The molecule has 1 N–H and O–H groups in total. The normalized spacial score (nSPS) is 10.8. The molecule has 18 heavy (non-hydrogen) atoms. The number of aromatic nitrogens is 3. The Hall–Kier alpha value is -1.80. The van der Waals surface area contributed by atoms with Crippen molar-refractivity contribution in [2.24, 2.45) is 0 Å². The standard InChI is InChI=1S/C10H11N3O4S/c1-5-9(18-6(2)11-5)10-13-12-7(17-10)3-16-4-8(14)15/h3-4H2,1-2H3,(H,14,15). The maximum Gasteiger partial charge on any atom is 0.329 e. The molecule has 2 heterocycles. The maximum atomic E-state index is 10.3. The summed E-state index contributed by atoms with van der Waals surface area (Å²) in [4.78, 5) is 15.4. The van der Waals surface area contributed by atoms with E-state index in [1.54, 1.807) is 0 Å². The molecule has 0 bridgehead atoms. The smallest absolute Gasteiger partial charge is 0.329 e. The van der Waals surface area contributed by atoms with Crippen molar-refractivity contribution in [1.29, 1.82) is 0 Å². The van der Waals surface area contributed by atoms with E-state index in [9.17, 15) is 4.79 Å². The lowest BCUT2D eigenvalue weighted by Gasteiger charge is -1.94. The van der Waals surface area contributed by atoms with E-state index in [1.807, 2.05) is 13.8 Å². The first kappa shape index (κ1) is 12.7. The van der Waals surface area contributed by atoms with E-state index in [0.717, 1.165) is 15.6 Å². The molecular weight excluding hydrogens is 258 g/mol. The topological polar surface area (TPSA) is 98.3 Å². The summed E-state index contributed by atoms with van der Waals surface area (Å²) in [5, 5.41) is 17.0. The zero-order chi connectivity index (χ0) is 13.1. The summed E-state index contributed by atoms with van der Waals surface area (Å²) in [6.07, 6.45) is 0. The number of aliphatic carboxylic acids is 1. The number of hydrogen-bond donors (Lipinski definition) is 1. The van der Waals surface area contributed by atoms with Crippen LogP contribution in [0.2, 0.25) is 0 Å². The second kappa shape index (κ2) is 5.23. The highest BCUT2D eigenvalue weighted by molar-refractivity contribution is 7.15. The Morgan fingerprint density at radius 2 is 2.22 bits per heavy atom. The molecule has 0 unspecified atom stereocenters. The molecule has 2 aromatic rings. The molecule has 0 amide bonds. The summed E-state index contributed by atoms with van der Waals surface area (Å²) < 4.78 is 10.2. The number of nitrogens with zero attached hydrogens (tertiary/aromatic N) is 3. The predicted molar refractivity (Wildman–Crippen MR) is 62.2 cm³/mol. The monoisotopic (exact) mass is 269 g/mol. The lowest BCUT2D eigenvalue weighted by molar-refractivity contribution is -0.142. The van der Waals surface area contributed by atoms with Crippen molar-refractivity contribution in [2.75, 3.05) is 6.61 Å². The average molecular weight is 269 g/mol. The second-order valence-electron chi connectivity index (χ2n) is 3.53. The van der Waals surface area contributed by atoms with Gasteiger partial charge < -0.3 is 14.3 Å². The molecule has 0 spiro atoms. The van der Waals surface area contributed by atoms with Crippen LogP contribution in [-0.4, -0.2) is 32.9 Å². The molecule has 0 aliphatic heterocycles. The first-order chi connectivity index (χ1) is 8.56. The van der Waals surface area contributed by atoms with Crippen LogP contribution in [0.4, 0.5) is 0 Å². The minimum atomic E-state index is -1.04. The Morgan fingerprint density at radius 3 is 2.83 bits per heavy atom. The largest absolute Gasteiger partial charge is 0.480 e. The van der Waals surface area contributed by atoms with Gasteiger partial charge >= 0.3 is 5.97 Å². The van der Waals surface area contributed by atoms with E-state index in [2.05, 4.69) is 15.2 Å². The van der Waals surface area contributed by atoms with Gasteiger partial charge in [-0.3, -0.25) is 0 Å². The van der Waals surface area contributed by atoms with Gasteiger partial charge in [-0.1, -0.05) is 0 Å². The van der Waals surface area contributed by atoms with Crippen LogP contribution in [0.5, 0.6) is 0 Å². The molecule has 2 rings (SSSR count). The number of carbonyl (C=O) groups is 1. The third-order valence-corrected chi connectivity index (χ3v) is 3.08. The minimum absolute atomic E-state index is 0.0177. The van der Waals surface area contributed by atoms with Crippen molar-refractivity contribution in [3.63, 3.8) is 0 Å². The number of carboxylic acid groups (broad SMARTS) is 1. The summed E-state index contributed by atoms with van der Waals surface area (Å²) in [7, 11) is 0. The molecule has 0 aliphatic carbocycles. The number of aryl methyl sites for hydroxylation is 2. The Morgan fingerprint density at radius 1 is 1.44 bits per heavy atom. The van der Waals surface area contributed by atoms with E-state index in [0.29, 0.717) is 5.89 Å². The van der Waals surface area contributed by atoms with E-state index < -0.39 is 12.6 Å². The molecule has 0 aromatic carbocycles. The zero-order valence-electron chi connectivity index (χ0n) is 9.84. The highest BCUT2D eigenvalue weighted by Gasteiger charge is 2.14. The van der Waals surface area contributed by atoms with E-state index in [4.69, 9.17) is 14.3 Å². The molecule has 0 aliphatic rings. The SMILES string of the molecule is Cc1nc(C)c(-c2nnc(COCC(=O)O)o2)s1. The van der Waals surface area contributed by atoms with Crippen LogP contribution in [0.1, 0.15) is 16.6 Å². The number of rotatable bonds is 5. The summed E-state index contributed by atoms with van der Waals surface area (Å²) in [5.74, 6) is -0.410. The van der Waals surface area contributed by atoms with Gasteiger partial charge in [0.2, 0.25) is 5.89 Å². The second-order valence-corrected chi connectivity index (χ2v) is 4.74. The lowest BCUT2D eigenvalue weighted by atomic mass is 10.4. The Kier molecular flexibility index (Phi) is 3.68. The van der Waals surface area contributed by atoms with E-state index in [1.165, 1.54) is 11.3 Å². The van der Waals surface area contributed by atoms with Gasteiger partial charge in [0.1, 0.15) is 18.1 Å². The van der Waals surface area contributed by atoms with Crippen LogP contribution >= 0.6 is 11.3 Å². The molecule has 0 radical (unpaired) electrons. The first-order valence-electron chi connectivity index (χ1n) is 5.12. The van der Waals surface area contributed by atoms with Crippen LogP contribution in [0.3, 0.4) is 0 Å². The van der Waals surface area contributed by atoms with Gasteiger partial charge in [0.25, 0.3) is 5.89 Å². The van der Waals surface area contributed by atoms with Crippen molar-refractivity contribution in [2.45, 2.75) is 20.5 Å². The van der Waals surface area contributed by atoms with Crippen LogP contribution in [0.15, 0.2) is 4.42 Å². The molecule has 96 valence electrons. The van der Waals surface area contributed by atoms with Gasteiger partial charge in [-0.25, -0.2) is 9.78 Å². The van der Waals surface area contributed by atoms with Crippen LogP contribution in [0.25, 0.3) is 10.8 Å². The summed E-state index contributed by atoms with van der Waals surface area (Å²) in [6.45, 7) is 3.35. The predicted octanol–water partition coefficient (Wildman–Crippen LogP) is 1.41. The molecule has 0 saturated heterocycles. The summed E-state index contributed by atoms with van der Waals surface area (Å²) >= 11 is 1.47. The van der Waals surface area contributed by atoms with Crippen LogP contribution < -0.4 is 0 Å². The molecule has 8 heteroatoms. The van der Waals surface area contributed by atoms with Crippen molar-refractivity contribution >= 4 is 17.3 Å². The first-order valence-corrected chi connectivity index (χ1v) is 5.94. The van der Waals surface area contributed by atoms with Gasteiger partial charge in [-0.2, -0.15) is 0 Å². The van der Waals surface area contributed by atoms with Crippen LogP contribution in [-0.2, 0) is 16.1 Å². The van der Waals surface area contributed by atoms with Gasteiger partial charge in [0.05, 0.1) is 10.7 Å².